The van der Waals surface area contributed by atoms with Crippen molar-refractivity contribution in [3.8, 4) is 5.75 Å². The summed E-state index contributed by atoms with van der Waals surface area (Å²) in [4.78, 5) is 0. The Labute approximate surface area is 121 Å². The van der Waals surface area contributed by atoms with E-state index in [4.69, 9.17) is 4.74 Å². The van der Waals surface area contributed by atoms with Crippen molar-refractivity contribution in [2.45, 2.75) is 6.04 Å². The van der Waals surface area contributed by atoms with Gasteiger partial charge < -0.3 is 15.2 Å². The molecule has 0 aliphatic rings. The van der Waals surface area contributed by atoms with Gasteiger partial charge in [0.25, 0.3) is 0 Å². The number of hydrogen-bond acceptors (Lipinski definition) is 3. The Morgan fingerprint density at radius 2 is 1.84 bits per heavy atom. The molecule has 0 aliphatic heterocycles. The average molecular weight is 322 g/mol. The van der Waals surface area contributed by atoms with Crippen LogP contribution < -0.4 is 10.1 Å². The van der Waals surface area contributed by atoms with Gasteiger partial charge in [0.1, 0.15) is 5.75 Å². The number of aliphatic hydroxyl groups is 1. The molecule has 2 rings (SSSR count). The lowest BCUT2D eigenvalue weighted by Crippen LogP contribution is -2.16. The second kappa shape index (κ2) is 6.59. The minimum absolute atomic E-state index is 0.0122. The first-order valence-corrected chi connectivity index (χ1v) is 6.80. The summed E-state index contributed by atoms with van der Waals surface area (Å²) in [5.74, 6) is 0.765. The predicted molar refractivity (Wildman–Crippen MR) is 80.6 cm³/mol. The van der Waals surface area contributed by atoms with E-state index in [1.807, 2.05) is 48.5 Å². The van der Waals surface area contributed by atoms with E-state index in [2.05, 4.69) is 21.2 Å². The predicted octanol–water partition coefficient (Wildman–Crippen LogP) is 3.60. The first kappa shape index (κ1) is 13.9. The van der Waals surface area contributed by atoms with Gasteiger partial charge in [-0.1, -0.05) is 30.3 Å². The van der Waals surface area contributed by atoms with Gasteiger partial charge in [-0.3, -0.25) is 0 Å². The molecule has 1 unspecified atom stereocenters. The summed E-state index contributed by atoms with van der Waals surface area (Å²) in [5.41, 5.74) is 1.87. The summed E-state index contributed by atoms with van der Waals surface area (Å²) in [6.07, 6.45) is 0. The third-order valence-corrected chi connectivity index (χ3v) is 3.59. The molecule has 2 aromatic carbocycles. The highest BCUT2D eigenvalue weighted by atomic mass is 79.9. The number of hydrogen-bond donors (Lipinski definition) is 2. The third kappa shape index (κ3) is 3.28. The smallest absolute Gasteiger partial charge is 0.124 e. The Hall–Kier alpha value is -1.52. The molecule has 0 aliphatic carbocycles. The number of nitrogens with one attached hydrogen (secondary N) is 1. The Bertz CT molecular complexity index is 545. The van der Waals surface area contributed by atoms with Crippen LogP contribution in [0.5, 0.6) is 5.75 Å². The molecule has 0 radical (unpaired) electrons. The van der Waals surface area contributed by atoms with Crippen LogP contribution in [0.3, 0.4) is 0 Å². The van der Waals surface area contributed by atoms with Crippen molar-refractivity contribution in [1.82, 2.24) is 0 Å². The maximum atomic E-state index is 9.62. The van der Waals surface area contributed by atoms with Crippen LogP contribution in [0.1, 0.15) is 11.6 Å². The molecule has 0 amide bonds. The molecule has 0 fully saturated rings. The van der Waals surface area contributed by atoms with Gasteiger partial charge in [0.05, 0.1) is 19.8 Å². The van der Waals surface area contributed by atoms with E-state index in [0.29, 0.717) is 0 Å². The van der Waals surface area contributed by atoms with Crippen LogP contribution in [0, 0.1) is 0 Å². The number of aliphatic hydroxyl groups excluding tert-OH is 1. The molecule has 3 nitrogen and oxygen atoms in total. The summed E-state index contributed by atoms with van der Waals surface area (Å²) in [6.45, 7) is -0.0122. The van der Waals surface area contributed by atoms with Crippen molar-refractivity contribution in [1.29, 1.82) is 0 Å². The number of methoxy groups -OCH3 is 1. The van der Waals surface area contributed by atoms with Crippen LogP contribution in [0.25, 0.3) is 0 Å². The zero-order chi connectivity index (χ0) is 13.7. The van der Waals surface area contributed by atoms with Gasteiger partial charge in [0.2, 0.25) is 0 Å². The van der Waals surface area contributed by atoms with E-state index in [1.54, 1.807) is 7.11 Å². The molecule has 100 valence electrons. The monoisotopic (exact) mass is 321 g/mol. The van der Waals surface area contributed by atoms with Gasteiger partial charge in [-0.15, -0.1) is 0 Å². The van der Waals surface area contributed by atoms with Crippen molar-refractivity contribution in [3.05, 3.63) is 58.6 Å². The molecular weight excluding hydrogens is 306 g/mol. The van der Waals surface area contributed by atoms with Gasteiger partial charge in [0, 0.05) is 15.7 Å². The SMILES string of the molecule is COc1ccccc1C(CO)Nc1ccccc1Br. The highest BCUT2D eigenvalue weighted by molar-refractivity contribution is 9.10. The molecule has 0 heterocycles. The van der Waals surface area contributed by atoms with Crippen LogP contribution in [0.2, 0.25) is 0 Å². The lowest BCUT2D eigenvalue weighted by Gasteiger charge is -2.21. The maximum absolute atomic E-state index is 9.62. The van der Waals surface area contributed by atoms with Crippen molar-refractivity contribution in [3.63, 3.8) is 0 Å². The lowest BCUT2D eigenvalue weighted by atomic mass is 10.1. The number of ether oxygens (including phenoxy) is 1. The number of benzene rings is 2. The van der Waals surface area contributed by atoms with Gasteiger partial charge in [-0.25, -0.2) is 0 Å². The number of halogens is 1. The lowest BCUT2D eigenvalue weighted by molar-refractivity contribution is 0.273. The van der Waals surface area contributed by atoms with Crippen molar-refractivity contribution in [2.24, 2.45) is 0 Å². The molecular formula is C15H16BrNO2. The molecule has 4 heteroatoms. The highest BCUT2D eigenvalue weighted by Crippen LogP contribution is 2.30. The third-order valence-electron chi connectivity index (χ3n) is 2.90. The van der Waals surface area contributed by atoms with Crippen LogP contribution in [-0.2, 0) is 0 Å². The fourth-order valence-electron chi connectivity index (χ4n) is 1.94. The molecule has 0 bridgehead atoms. The molecule has 1 atom stereocenters. The topological polar surface area (TPSA) is 41.5 Å². The fraction of sp³-hybridized carbons (Fsp3) is 0.200. The number of para-hydroxylation sites is 2. The van der Waals surface area contributed by atoms with E-state index < -0.39 is 0 Å². The molecule has 0 saturated heterocycles. The van der Waals surface area contributed by atoms with Gasteiger partial charge in [-0.2, -0.15) is 0 Å². The largest absolute Gasteiger partial charge is 0.496 e. The first-order valence-electron chi connectivity index (χ1n) is 6.01. The summed E-state index contributed by atoms with van der Waals surface area (Å²) in [6, 6.07) is 15.3. The van der Waals surface area contributed by atoms with Gasteiger partial charge in [0.15, 0.2) is 0 Å². The quantitative estimate of drug-likeness (QED) is 0.884. The van der Waals surface area contributed by atoms with Crippen LogP contribution >= 0.6 is 15.9 Å². The second-order valence-corrected chi connectivity index (χ2v) is 4.96. The van der Waals surface area contributed by atoms with Crippen molar-refractivity contribution in [2.75, 3.05) is 19.0 Å². The zero-order valence-electron chi connectivity index (χ0n) is 10.6. The van der Waals surface area contributed by atoms with Crippen LogP contribution in [0.4, 0.5) is 5.69 Å². The summed E-state index contributed by atoms with van der Waals surface area (Å²) < 4.78 is 6.29. The number of anilines is 1. The maximum Gasteiger partial charge on any atom is 0.124 e. The van der Waals surface area contributed by atoms with E-state index >= 15 is 0 Å². The zero-order valence-corrected chi connectivity index (χ0v) is 12.2. The Kier molecular flexibility index (Phi) is 4.82. The Morgan fingerprint density at radius 1 is 1.16 bits per heavy atom. The minimum Gasteiger partial charge on any atom is -0.496 e. The summed E-state index contributed by atoms with van der Waals surface area (Å²) in [7, 11) is 1.63. The average Bonchev–Trinajstić information content (AvgIpc) is 2.46. The van der Waals surface area contributed by atoms with Gasteiger partial charge >= 0.3 is 0 Å². The van der Waals surface area contributed by atoms with Crippen molar-refractivity contribution < 1.29 is 9.84 Å². The molecule has 0 spiro atoms. The highest BCUT2D eigenvalue weighted by Gasteiger charge is 2.15. The molecule has 2 N–H and O–H groups in total. The molecule has 2 aromatic rings. The van der Waals surface area contributed by atoms with E-state index in [9.17, 15) is 5.11 Å². The molecule has 19 heavy (non-hydrogen) atoms. The Morgan fingerprint density at radius 3 is 2.53 bits per heavy atom. The van der Waals surface area contributed by atoms with Crippen molar-refractivity contribution >= 4 is 21.6 Å². The van der Waals surface area contributed by atoms with Crippen LogP contribution in [-0.4, -0.2) is 18.8 Å². The Balaban J connectivity index is 2.28. The normalized spacial score (nSPS) is 11.9. The first-order chi connectivity index (χ1) is 9.26. The number of rotatable bonds is 5. The van der Waals surface area contributed by atoms with Gasteiger partial charge in [-0.05, 0) is 34.1 Å². The standard InChI is InChI=1S/C15H16BrNO2/c1-19-15-9-5-2-6-11(15)14(10-18)17-13-8-4-3-7-12(13)16/h2-9,14,17-18H,10H2,1H3. The van der Waals surface area contributed by atoms with E-state index in [0.717, 1.165) is 21.5 Å². The minimum atomic E-state index is -0.213. The van der Waals surface area contributed by atoms with E-state index in [1.165, 1.54) is 0 Å². The summed E-state index contributed by atoms with van der Waals surface area (Å²) >= 11 is 3.49. The molecule has 0 saturated carbocycles. The van der Waals surface area contributed by atoms with E-state index in [-0.39, 0.29) is 12.6 Å². The van der Waals surface area contributed by atoms with Crippen LogP contribution in [0.15, 0.2) is 53.0 Å². The molecule has 0 aromatic heterocycles. The fourth-order valence-corrected chi connectivity index (χ4v) is 2.34. The summed E-state index contributed by atoms with van der Waals surface area (Å²) in [5, 5.41) is 12.9. The second-order valence-electron chi connectivity index (χ2n) is 4.10.